The molecule has 0 fully saturated rings. The molecule has 1 unspecified atom stereocenters. The normalized spacial score (nSPS) is 14.8. The standard InChI is InChI=1S/C19H23N3/c20-14-17(19(22)12-16-9-5-2-6-10-16)13-18(21)11-15-7-3-1-4-8-15/h1-10,17-19H,11-13,21-22H2/t17?,18-,19-/m0/s1. The molecule has 0 spiro atoms. The maximum atomic E-state index is 9.40. The van der Waals surface area contributed by atoms with E-state index < -0.39 is 0 Å². The highest BCUT2D eigenvalue weighted by Gasteiger charge is 2.21. The average molecular weight is 293 g/mol. The Hall–Kier alpha value is -2.15. The summed E-state index contributed by atoms with van der Waals surface area (Å²) in [5.74, 6) is -0.223. The molecule has 0 saturated heterocycles. The van der Waals surface area contributed by atoms with Crippen LogP contribution in [0.2, 0.25) is 0 Å². The molecule has 0 aromatic heterocycles. The second kappa shape index (κ2) is 8.33. The largest absolute Gasteiger partial charge is 0.327 e. The first-order chi connectivity index (χ1) is 10.7. The minimum absolute atomic E-state index is 0.0473. The first-order valence-corrected chi connectivity index (χ1v) is 7.67. The third-order valence-electron chi connectivity index (χ3n) is 3.89. The van der Waals surface area contributed by atoms with Crippen molar-refractivity contribution in [2.24, 2.45) is 17.4 Å². The van der Waals surface area contributed by atoms with Gasteiger partial charge in [-0.25, -0.2) is 0 Å². The number of nitrogens with zero attached hydrogens (tertiary/aromatic N) is 1. The van der Waals surface area contributed by atoms with Gasteiger partial charge in [-0.3, -0.25) is 0 Å². The minimum Gasteiger partial charge on any atom is -0.327 e. The first-order valence-electron chi connectivity index (χ1n) is 7.67. The van der Waals surface area contributed by atoms with Crippen molar-refractivity contribution in [2.75, 3.05) is 0 Å². The summed E-state index contributed by atoms with van der Waals surface area (Å²) in [6.45, 7) is 0. The minimum atomic E-state index is -0.223. The van der Waals surface area contributed by atoms with Crippen LogP contribution in [0.5, 0.6) is 0 Å². The molecule has 3 nitrogen and oxygen atoms in total. The number of rotatable bonds is 7. The van der Waals surface area contributed by atoms with Crippen LogP contribution in [0.15, 0.2) is 60.7 Å². The van der Waals surface area contributed by atoms with Crippen LogP contribution in [0.3, 0.4) is 0 Å². The highest BCUT2D eigenvalue weighted by atomic mass is 14.7. The molecule has 2 aromatic carbocycles. The monoisotopic (exact) mass is 293 g/mol. The van der Waals surface area contributed by atoms with Crippen LogP contribution in [0.4, 0.5) is 0 Å². The fourth-order valence-corrected chi connectivity index (χ4v) is 2.68. The van der Waals surface area contributed by atoms with E-state index >= 15 is 0 Å². The maximum Gasteiger partial charge on any atom is 0.0672 e. The Labute approximate surface area is 132 Å². The molecule has 3 atom stereocenters. The highest BCUT2D eigenvalue weighted by molar-refractivity contribution is 5.18. The van der Waals surface area contributed by atoms with E-state index in [0.29, 0.717) is 12.8 Å². The molecule has 0 saturated carbocycles. The number of benzene rings is 2. The van der Waals surface area contributed by atoms with E-state index in [1.807, 2.05) is 48.5 Å². The zero-order chi connectivity index (χ0) is 15.8. The third kappa shape index (κ3) is 5.00. The van der Waals surface area contributed by atoms with Crippen molar-refractivity contribution in [1.29, 1.82) is 5.26 Å². The molecular weight excluding hydrogens is 270 g/mol. The molecule has 0 amide bonds. The van der Waals surface area contributed by atoms with Crippen LogP contribution in [0.1, 0.15) is 17.5 Å². The molecule has 0 bridgehead atoms. The van der Waals surface area contributed by atoms with E-state index in [4.69, 9.17) is 11.5 Å². The molecule has 0 aliphatic rings. The second-order valence-electron chi connectivity index (χ2n) is 5.77. The van der Waals surface area contributed by atoms with Gasteiger partial charge < -0.3 is 11.5 Å². The summed E-state index contributed by atoms with van der Waals surface area (Å²) in [6, 6.07) is 22.3. The Morgan fingerprint density at radius 1 is 0.818 bits per heavy atom. The van der Waals surface area contributed by atoms with Crippen molar-refractivity contribution in [3.8, 4) is 6.07 Å². The van der Waals surface area contributed by atoms with Gasteiger partial charge in [0.25, 0.3) is 0 Å². The molecule has 4 N–H and O–H groups in total. The average Bonchev–Trinajstić information content (AvgIpc) is 2.54. The van der Waals surface area contributed by atoms with Crippen molar-refractivity contribution >= 4 is 0 Å². The van der Waals surface area contributed by atoms with Crippen molar-refractivity contribution in [3.05, 3.63) is 71.8 Å². The molecule has 0 aliphatic carbocycles. The molecule has 22 heavy (non-hydrogen) atoms. The fraction of sp³-hybridized carbons (Fsp3) is 0.316. The molecule has 2 rings (SSSR count). The van der Waals surface area contributed by atoms with E-state index in [-0.39, 0.29) is 18.0 Å². The smallest absolute Gasteiger partial charge is 0.0672 e. The van der Waals surface area contributed by atoms with Gasteiger partial charge in [0.15, 0.2) is 0 Å². The fourth-order valence-electron chi connectivity index (χ4n) is 2.68. The molecule has 0 heterocycles. The van der Waals surface area contributed by atoms with Crippen molar-refractivity contribution < 1.29 is 0 Å². The molecule has 114 valence electrons. The summed E-state index contributed by atoms with van der Waals surface area (Å²) in [5.41, 5.74) is 14.8. The van der Waals surface area contributed by atoms with E-state index in [1.165, 1.54) is 5.56 Å². The van der Waals surface area contributed by atoms with Gasteiger partial charge in [0, 0.05) is 12.1 Å². The molecule has 0 radical (unpaired) electrons. The molecule has 2 aromatic rings. The summed E-state index contributed by atoms with van der Waals surface area (Å²) in [7, 11) is 0. The Balaban J connectivity index is 1.89. The Morgan fingerprint density at radius 3 is 1.82 bits per heavy atom. The summed E-state index contributed by atoms with van der Waals surface area (Å²) in [5, 5.41) is 9.40. The first kappa shape index (κ1) is 16.2. The summed E-state index contributed by atoms with van der Waals surface area (Å²) in [6.07, 6.45) is 2.10. The van der Waals surface area contributed by atoms with Gasteiger partial charge in [-0.05, 0) is 30.4 Å². The van der Waals surface area contributed by atoms with Gasteiger partial charge in [0.2, 0.25) is 0 Å². The van der Waals surface area contributed by atoms with Gasteiger partial charge >= 0.3 is 0 Å². The van der Waals surface area contributed by atoms with Gasteiger partial charge in [-0.2, -0.15) is 5.26 Å². The van der Waals surface area contributed by atoms with Crippen LogP contribution < -0.4 is 11.5 Å². The lowest BCUT2D eigenvalue weighted by Crippen LogP contribution is -2.36. The summed E-state index contributed by atoms with van der Waals surface area (Å²) >= 11 is 0. The maximum absolute atomic E-state index is 9.40. The number of nitrogens with two attached hydrogens (primary N) is 2. The van der Waals surface area contributed by atoms with Gasteiger partial charge in [-0.1, -0.05) is 60.7 Å². The second-order valence-corrected chi connectivity index (χ2v) is 5.77. The van der Waals surface area contributed by atoms with Crippen molar-refractivity contribution in [3.63, 3.8) is 0 Å². The van der Waals surface area contributed by atoms with E-state index in [0.717, 1.165) is 12.0 Å². The van der Waals surface area contributed by atoms with Crippen LogP contribution in [-0.4, -0.2) is 12.1 Å². The van der Waals surface area contributed by atoms with Crippen LogP contribution >= 0.6 is 0 Å². The van der Waals surface area contributed by atoms with Gasteiger partial charge in [-0.15, -0.1) is 0 Å². The lowest BCUT2D eigenvalue weighted by Gasteiger charge is -2.21. The van der Waals surface area contributed by atoms with Crippen LogP contribution in [0, 0.1) is 17.2 Å². The third-order valence-corrected chi connectivity index (χ3v) is 3.89. The number of hydrogen-bond donors (Lipinski definition) is 2. The van der Waals surface area contributed by atoms with E-state index in [1.54, 1.807) is 0 Å². The van der Waals surface area contributed by atoms with Crippen molar-refractivity contribution in [1.82, 2.24) is 0 Å². The van der Waals surface area contributed by atoms with Gasteiger partial charge in [0.1, 0.15) is 0 Å². The number of nitriles is 1. The predicted octanol–water partition coefficient (Wildman–Crippen LogP) is 2.66. The Bertz CT molecular complexity index is 589. The SMILES string of the molecule is N#CC(C[C@@H](N)Cc1ccccc1)[C@@H](N)Cc1ccccc1. The zero-order valence-corrected chi connectivity index (χ0v) is 12.7. The molecular formula is C19H23N3. The highest BCUT2D eigenvalue weighted by Crippen LogP contribution is 2.15. The Morgan fingerprint density at radius 2 is 1.32 bits per heavy atom. The van der Waals surface area contributed by atoms with E-state index in [2.05, 4.69) is 18.2 Å². The Kier molecular flexibility index (Phi) is 6.14. The van der Waals surface area contributed by atoms with Gasteiger partial charge in [0.05, 0.1) is 12.0 Å². The topological polar surface area (TPSA) is 75.8 Å². The predicted molar refractivity (Wildman–Crippen MR) is 90.0 cm³/mol. The molecule has 3 heteroatoms. The quantitative estimate of drug-likeness (QED) is 0.824. The van der Waals surface area contributed by atoms with Crippen LogP contribution in [-0.2, 0) is 12.8 Å². The van der Waals surface area contributed by atoms with Crippen molar-refractivity contribution in [2.45, 2.75) is 31.3 Å². The van der Waals surface area contributed by atoms with E-state index in [9.17, 15) is 5.26 Å². The summed E-state index contributed by atoms with van der Waals surface area (Å²) in [4.78, 5) is 0. The zero-order valence-electron chi connectivity index (χ0n) is 12.7. The lowest BCUT2D eigenvalue weighted by molar-refractivity contribution is 0.431. The summed E-state index contributed by atoms with van der Waals surface area (Å²) < 4.78 is 0. The number of hydrogen-bond acceptors (Lipinski definition) is 3. The van der Waals surface area contributed by atoms with Crippen LogP contribution in [0.25, 0.3) is 0 Å². The lowest BCUT2D eigenvalue weighted by atomic mass is 9.88. The molecule has 0 aliphatic heterocycles.